The van der Waals surface area contributed by atoms with Crippen molar-refractivity contribution in [1.29, 1.82) is 0 Å². The van der Waals surface area contributed by atoms with E-state index < -0.39 is 10.0 Å². The highest BCUT2D eigenvalue weighted by molar-refractivity contribution is 7.89. The quantitative estimate of drug-likeness (QED) is 0.892. The molecule has 0 aliphatic carbocycles. The summed E-state index contributed by atoms with van der Waals surface area (Å²) >= 11 is 5.94. The molecular weight excluding hydrogens is 288 g/mol. The van der Waals surface area contributed by atoms with E-state index in [-0.39, 0.29) is 22.1 Å². The number of hydrogen-bond acceptors (Lipinski definition) is 4. The van der Waals surface area contributed by atoms with E-state index in [0.717, 1.165) is 19.5 Å². The Morgan fingerprint density at radius 2 is 2.16 bits per heavy atom. The molecule has 1 N–H and O–H groups in total. The first-order chi connectivity index (χ1) is 8.81. The van der Waals surface area contributed by atoms with Gasteiger partial charge in [0.2, 0.25) is 5.03 Å². The van der Waals surface area contributed by atoms with E-state index >= 15 is 0 Å². The third kappa shape index (κ3) is 3.10. The molecule has 1 aromatic rings. The summed E-state index contributed by atoms with van der Waals surface area (Å²) in [5.41, 5.74) is 0. The molecule has 1 saturated heterocycles. The molecule has 6 nitrogen and oxygen atoms in total. The lowest BCUT2D eigenvalue weighted by Crippen LogP contribution is -2.48. The van der Waals surface area contributed by atoms with Gasteiger partial charge in [0.25, 0.3) is 10.0 Å². The Labute approximate surface area is 118 Å². The number of nitrogens with one attached hydrogen (secondary N) is 1. The second kappa shape index (κ2) is 5.40. The van der Waals surface area contributed by atoms with Gasteiger partial charge in [0.05, 0.1) is 6.33 Å². The molecule has 0 aromatic carbocycles. The van der Waals surface area contributed by atoms with Crippen LogP contribution in [0.2, 0.25) is 5.15 Å². The molecule has 2 atom stereocenters. The molecule has 1 fully saturated rings. The highest BCUT2D eigenvalue weighted by atomic mass is 35.5. The number of piperidine rings is 1. The molecule has 0 amide bonds. The molecule has 2 heterocycles. The zero-order valence-corrected chi connectivity index (χ0v) is 12.9. The van der Waals surface area contributed by atoms with Gasteiger partial charge in [-0.3, -0.25) is 0 Å². The number of imidazole rings is 1. The Morgan fingerprint density at radius 3 is 2.68 bits per heavy atom. The van der Waals surface area contributed by atoms with Gasteiger partial charge in [-0.15, -0.1) is 0 Å². The lowest BCUT2D eigenvalue weighted by Gasteiger charge is -2.34. The summed E-state index contributed by atoms with van der Waals surface area (Å²) in [7, 11) is 0.0453. The summed E-state index contributed by atoms with van der Waals surface area (Å²) in [6.07, 6.45) is 2.19. The van der Waals surface area contributed by atoms with E-state index in [9.17, 15) is 8.42 Å². The third-order valence-corrected chi connectivity index (χ3v) is 5.48. The van der Waals surface area contributed by atoms with E-state index in [0.29, 0.717) is 0 Å². The van der Waals surface area contributed by atoms with Gasteiger partial charge in [0.15, 0.2) is 0 Å². The van der Waals surface area contributed by atoms with E-state index in [2.05, 4.69) is 14.6 Å². The summed E-state index contributed by atoms with van der Waals surface area (Å²) in [4.78, 5) is 6.06. The lowest BCUT2D eigenvalue weighted by atomic mass is 9.95. The van der Waals surface area contributed by atoms with E-state index in [1.54, 1.807) is 7.05 Å². The van der Waals surface area contributed by atoms with Gasteiger partial charge < -0.3 is 9.47 Å². The molecule has 0 radical (unpaired) electrons. The van der Waals surface area contributed by atoms with Crippen LogP contribution < -0.4 is 4.72 Å². The van der Waals surface area contributed by atoms with E-state index in [4.69, 9.17) is 11.6 Å². The molecule has 19 heavy (non-hydrogen) atoms. The van der Waals surface area contributed by atoms with Crippen LogP contribution in [0.25, 0.3) is 0 Å². The van der Waals surface area contributed by atoms with Crippen molar-refractivity contribution in [2.24, 2.45) is 13.0 Å². The molecule has 8 heteroatoms. The van der Waals surface area contributed by atoms with Crippen molar-refractivity contribution in [3.8, 4) is 0 Å². The maximum absolute atomic E-state index is 12.3. The first kappa shape index (κ1) is 14.8. The largest absolute Gasteiger partial charge is 0.324 e. The third-order valence-electron chi connectivity index (χ3n) is 3.50. The monoisotopic (exact) mass is 306 g/mol. The molecule has 2 rings (SSSR count). The minimum Gasteiger partial charge on any atom is -0.324 e. The first-order valence-corrected chi connectivity index (χ1v) is 8.05. The van der Waals surface area contributed by atoms with Crippen molar-refractivity contribution in [3.05, 3.63) is 11.5 Å². The van der Waals surface area contributed by atoms with Crippen LogP contribution in [0.5, 0.6) is 0 Å². The Hall–Kier alpha value is -0.630. The highest BCUT2D eigenvalue weighted by Gasteiger charge is 2.31. The average molecular weight is 307 g/mol. The number of halogens is 1. The predicted molar refractivity (Wildman–Crippen MR) is 73.6 cm³/mol. The summed E-state index contributed by atoms with van der Waals surface area (Å²) in [6, 6.07) is -0.0701. The number of hydrogen-bond donors (Lipinski definition) is 1. The maximum Gasteiger partial charge on any atom is 0.261 e. The van der Waals surface area contributed by atoms with Crippen molar-refractivity contribution in [2.75, 3.05) is 20.1 Å². The number of rotatable bonds is 3. The molecule has 0 saturated carbocycles. The van der Waals surface area contributed by atoms with Crippen molar-refractivity contribution in [3.63, 3.8) is 0 Å². The molecule has 1 aromatic heterocycles. The molecular formula is C11H19ClN4O2S. The molecule has 0 spiro atoms. The predicted octanol–water partition coefficient (Wildman–Crippen LogP) is 0.692. The number of aromatic nitrogens is 2. The van der Waals surface area contributed by atoms with Crippen LogP contribution in [0, 0.1) is 5.92 Å². The summed E-state index contributed by atoms with van der Waals surface area (Å²) in [6.45, 7) is 3.81. The van der Waals surface area contributed by atoms with E-state index in [1.807, 2.05) is 14.0 Å². The van der Waals surface area contributed by atoms with Gasteiger partial charge in [-0.25, -0.2) is 18.1 Å². The summed E-state index contributed by atoms with van der Waals surface area (Å²) < 4.78 is 28.8. The van der Waals surface area contributed by atoms with Crippen LogP contribution in [0.3, 0.4) is 0 Å². The van der Waals surface area contributed by atoms with Gasteiger partial charge in [-0.05, 0) is 25.9 Å². The first-order valence-electron chi connectivity index (χ1n) is 6.19. The number of likely N-dealkylation sites (tertiary alicyclic amines) is 1. The lowest BCUT2D eigenvalue weighted by molar-refractivity contribution is 0.188. The fourth-order valence-electron chi connectivity index (χ4n) is 2.36. The minimum absolute atomic E-state index is 0.0701. The standard InChI is InChI=1S/C11H19ClN4O2S/c1-8-6-15(2)5-4-9(8)14-19(17,18)11-10(12)16(3)7-13-11/h7-9,14H,4-6H2,1-3H3. The number of nitrogens with zero attached hydrogens (tertiary/aromatic N) is 3. The van der Waals surface area contributed by atoms with E-state index in [1.165, 1.54) is 10.9 Å². The van der Waals surface area contributed by atoms with Crippen LogP contribution in [0.4, 0.5) is 0 Å². The van der Waals surface area contributed by atoms with Crippen LogP contribution in [-0.2, 0) is 17.1 Å². The fraction of sp³-hybridized carbons (Fsp3) is 0.727. The van der Waals surface area contributed by atoms with Crippen molar-refractivity contribution >= 4 is 21.6 Å². The summed E-state index contributed by atoms with van der Waals surface area (Å²) in [5.74, 6) is 0.260. The van der Waals surface area contributed by atoms with Gasteiger partial charge in [0, 0.05) is 19.6 Å². The zero-order chi connectivity index (χ0) is 14.2. The van der Waals surface area contributed by atoms with Crippen LogP contribution in [0.15, 0.2) is 11.4 Å². The zero-order valence-electron chi connectivity index (χ0n) is 11.3. The molecule has 1 aliphatic heterocycles. The van der Waals surface area contributed by atoms with Gasteiger partial charge in [-0.1, -0.05) is 18.5 Å². The molecule has 108 valence electrons. The molecule has 2 unspecified atom stereocenters. The fourth-order valence-corrected chi connectivity index (χ4v) is 4.17. The summed E-state index contributed by atoms with van der Waals surface area (Å²) in [5, 5.41) is 0.0378. The van der Waals surface area contributed by atoms with Crippen molar-refractivity contribution in [1.82, 2.24) is 19.2 Å². The van der Waals surface area contributed by atoms with Gasteiger partial charge in [0.1, 0.15) is 5.15 Å². The average Bonchev–Trinajstić information content (AvgIpc) is 2.64. The Kier molecular flexibility index (Phi) is 4.20. The Morgan fingerprint density at radius 1 is 1.47 bits per heavy atom. The second-order valence-electron chi connectivity index (χ2n) is 5.21. The molecule has 1 aliphatic rings. The van der Waals surface area contributed by atoms with Crippen LogP contribution in [0.1, 0.15) is 13.3 Å². The molecule has 0 bridgehead atoms. The van der Waals surface area contributed by atoms with Gasteiger partial charge in [-0.2, -0.15) is 0 Å². The minimum atomic E-state index is -3.65. The van der Waals surface area contributed by atoms with Gasteiger partial charge >= 0.3 is 0 Å². The smallest absolute Gasteiger partial charge is 0.261 e. The van der Waals surface area contributed by atoms with Crippen LogP contribution in [-0.4, -0.2) is 49.0 Å². The Balaban J connectivity index is 2.16. The number of aryl methyl sites for hydroxylation is 1. The SMILES string of the molecule is CC1CN(C)CCC1NS(=O)(=O)c1ncn(C)c1Cl. The van der Waals surface area contributed by atoms with Crippen molar-refractivity contribution in [2.45, 2.75) is 24.4 Å². The normalized spacial score (nSPS) is 25.7. The second-order valence-corrected chi connectivity index (χ2v) is 7.19. The maximum atomic E-state index is 12.3. The van der Waals surface area contributed by atoms with Crippen LogP contribution >= 0.6 is 11.6 Å². The topological polar surface area (TPSA) is 67.2 Å². The Bertz CT molecular complexity index is 557. The van der Waals surface area contributed by atoms with Crippen molar-refractivity contribution < 1.29 is 8.42 Å². The number of sulfonamides is 1. The highest BCUT2D eigenvalue weighted by Crippen LogP contribution is 2.22.